The minimum absolute atomic E-state index is 0.0926. The third kappa shape index (κ3) is 4.53. The Morgan fingerprint density at radius 2 is 1.82 bits per heavy atom. The van der Waals surface area contributed by atoms with E-state index in [1.807, 2.05) is 60.4 Å². The molecule has 1 aliphatic heterocycles. The Bertz CT molecular complexity index is 1150. The average Bonchev–Trinajstić information content (AvgIpc) is 3.48. The number of nitrogens with zero attached hydrogens (tertiary/aromatic N) is 3. The number of benzene rings is 2. The molecule has 7 nitrogen and oxygen atoms in total. The van der Waals surface area contributed by atoms with Crippen LogP contribution in [0.15, 0.2) is 53.1 Å². The molecule has 0 bridgehead atoms. The molecular weight excluding hydrogens is 416 g/mol. The van der Waals surface area contributed by atoms with Gasteiger partial charge in [0.2, 0.25) is 17.6 Å². The van der Waals surface area contributed by atoms with Crippen LogP contribution in [-0.2, 0) is 9.59 Å². The van der Waals surface area contributed by atoms with Gasteiger partial charge < -0.3 is 14.7 Å². The van der Waals surface area contributed by atoms with E-state index in [0.29, 0.717) is 29.5 Å². The first-order chi connectivity index (χ1) is 16.1. The number of carbonyl (C=O) groups excluding carboxylic acids is 2. The van der Waals surface area contributed by atoms with Gasteiger partial charge in [0.1, 0.15) is 0 Å². The van der Waals surface area contributed by atoms with Crippen LogP contribution < -0.4 is 5.32 Å². The maximum absolute atomic E-state index is 13.1. The van der Waals surface area contributed by atoms with Crippen molar-refractivity contribution in [1.82, 2.24) is 15.0 Å². The molecule has 2 amide bonds. The van der Waals surface area contributed by atoms with E-state index in [1.54, 1.807) is 0 Å². The van der Waals surface area contributed by atoms with Crippen LogP contribution in [0, 0.1) is 12.8 Å². The number of amides is 2. The highest BCUT2D eigenvalue weighted by molar-refractivity contribution is 5.99. The van der Waals surface area contributed by atoms with Crippen molar-refractivity contribution in [2.45, 2.75) is 51.5 Å². The second kappa shape index (κ2) is 9.17. The third-order valence-electron chi connectivity index (χ3n) is 6.70. The number of likely N-dealkylation sites (tertiary alicyclic amines) is 1. The molecule has 1 atom stereocenters. The van der Waals surface area contributed by atoms with Gasteiger partial charge >= 0.3 is 0 Å². The number of nitrogens with one attached hydrogen (secondary N) is 1. The minimum Gasteiger partial charge on any atom is -0.339 e. The summed E-state index contributed by atoms with van der Waals surface area (Å²) in [5.74, 6) is 0.434. The lowest BCUT2D eigenvalue weighted by Crippen LogP contribution is -2.38. The quantitative estimate of drug-likeness (QED) is 0.609. The monoisotopic (exact) mass is 444 g/mol. The zero-order chi connectivity index (χ0) is 22.8. The summed E-state index contributed by atoms with van der Waals surface area (Å²) in [4.78, 5) is 32.1. The Morgan fingerprint density at radius 3 is 2.61 bits per heavy atom. The topological polar surface area (TPSA) is 88.3 Å². The van der Waals surface area contributed by atoms with Crippen molar-refractivity contribution >= 4 is 17.5 Å². The Labute approximate surface area is 193 Å². The van der Waals surface area contributed by atoms with Gasteiger partial charge in [-0.15, -0.1) is 0 Å². The molecule has 5 rings (SSSR count). The van der Waals surface area contributed by atoms with Gasteiger partial charge in [-0.3, -0.25) is 9.59 Å². The van der Waals surface area contributed by atoms with Crippen molar-refractivity contribution in [3.8, 4) is 22.8 Å². The molecule has 1 aliphatic carbocycles. The summed E-state index contributed by atoms with van der Waals surface area (Å²) in [6, 6.07) is 15.6. The Hall–Kier alpha value is -3.48. The van der Waals surface area contributed by atoms with E-state index < -0.39 is 0 Å². The molecule has 1 aromatic heterocycles. The normalized spacial score (nSPS) is 19.1. The van der Waals surface area contributed by atoms with Crippen LogP contribution in [-0.4, -0.2) is 39.4 Å². The Morgan fingerprint density at radius 1 is 1.06 bits per heavy atom. The number of hydrogen-bond donors (Lipinski definition) is 1. The molecule has 2 heterocycles. The Balaban J connectivity index is 1.31. The van der Waals surface area contributed by atoms with Gasteiger partial charge in [-0.25, -0.2) is 0 Å². The molecule has 170 valence electrons. The van der Waals surface area contributed by atoms with Gasteiger partial charge in [0.25, 0.3) is 5.89 Å². The van der Waals surface area contributed by atoms with Gasteiger partial charge in [-0.2, -0.15) is 4.98 Å². The summed E-state index contributed by atoms with van der Waals surface area (Å²) >= 11 is 0. The number of hydrogen-bond acceptors (Lipinski definition) is 5. The molecule has 0 spiro atoms. The first kappa shape index (κ1) is 21.4. The number of anilines is 1. The number of rotatable bonds is 5. The summed E-state index contributed by atoms with van der Waals surface area (Å²) in [5, 5.41) is 7.12. The predicted octanol–water partition coefficient (Wildman–Crippen LogP) is 4.83. The highest BCUT2D eigenvalue weighted by atomic mass is 16.5. The van der Waals surface area contributed by atoms with E-state index in [0.717, 1.165) is 36.8 Å². The minimum atomic E-state index is -0.349. The summed E-state index contributed by atoms with van der Waals surface area (Å²) < 4.78 is 5.52. The molecule has 0 radical (unpaired) electrons. The standard InChI is InChI=1S/C26H28N4O3/c1-17-11-13-18(14-12-17)24-28-26(33-29-24)21-9-5-6-10-22(21)27-25(32)19-15-23(31)30(16-19)20-7-3-2-4-8-20/h5-6,9-14,19-20H,2-4,7-8,15-16H2,1H3,(H,27,32)/t19-/m0/s1. The molecule has 1 N–H and O–H groups in total. The van der Waals surface area contributed by atoms with Crippen molar-refractivity contribution in [2.75, 3.05) is 11.9 Å². The van der Waals surface area contributed by atoms with Crippen LogP contribution in [0.2, 0.25) is 0 Å². The number of aromatic nitrogens is 2. The van der Waals surface area contributed by atoms with E-state index in [-0.39, 0.29) is 30.2 Å². The van der Waals surface area contributed by atoms with Crippen LogP contribution in [0.4, 0.5) is 5.69 Å². The average molecular weight is 445 g/mol. The first-order valence-electron chi connectivity index (χ1n) is 11.7. The van der Waals surface area contributed by atoms with E-state index in [1.165, 1.54) is 6.42 Å². The number of carbonyl (C=O) groups is 2. The largest absolute Gasteiger partial charge is 0.339 e. The van der Waals surface area contributed by atoms with Crippen molar-refractivity contribution < 1.29 is 14.1 Å². The lowest BCUT2D eigenvalue weighted by atomic mass is 9.94. The van der Waals surface area contributed by atoms with Crippen LogP contribution in [0.25, 0.3) is 22.8 Å². The van der Waals surface area contributed by atoms with E-state index in [9.17, 15) is 9.59 Å². The highest BCUT2D eigenvalue weighted by Gasteiger charge is 2.38. The fourth-order valence-electron chi connectivity index (χ4n) is 4.82. The van der Waals surface area contributed by atoms with Crippen molar-refractivity contribution in [2.24, 2.45) is 5.92 Å². The van der Waals surface area contributed by atoms with Gasteiger partial charge in [-0.05, 0) is 31.9 Å². The predicted molar refractivity (Wildman–Crippen MR) is 125 cm³/mol. The number of para-hydroxylation sites is 1. The molecule has 33 heavy (non-hydrogen) atoms. The maximum atomic E-state index is 13.1. The highest BCUT2D eigenvalue weighted by Crippen LogP contribution is 2.32. The lowest BCUT2D eigenvalue weighted by molar-refractivity contribution is -0.130. The number of aryl methyl sites for hydroxylation is 1. The summed E-state index contributed by atoms with van der Waals surface area (Å²) in [5.41, 5.74) is 3.28. The van der Waals surface area contributed by atoms with Gasteiger partial charge in [0, 0.05) is 24.6 Å². The molecule has 2 fully saturated rings. The van der Waals surface area contributed by atoms with Gasteiger partial charge in [0.15, 0.2) is 0 Å². The molecule has 7 heteroatoms. The van der Waals surface area contributed by atoms with Crippen molar-refractivity contribution in [3.05, 3.63) is 54.1 Å². The molecule has 1 saturated heterocycles. The second-order valence-corrected chi connectivity index (χ2v) is 9.06. The third-order valence-corrected chi connectivity index (χ3v) is 6.70. The zero-order valence-corrected chi connectivity index (χ0v) is 18.8. The first-order valence-corrected chi connectivity index (χ1v) is 11.7. The van der Waals surface area contributed by atoms with Crippen LogP contribution in [0.5, 0.6) is 0 Å². The lowest BCUT2D eigenvalue weighted by Gasteiger charge is -2.31. The fourth-order valence-corrected chi connectivity index (χ4v) is 4.82. The Kier molecular flexibility index (Phi) is 5.94. The molecule has 2 aromatic carbocycles. The maximum Gasteiger partial charge on any atom is 0.260 e. The summed E-state index contributed by atoms with van der Waals surface area (Å²) in [6.07, 6.45) is 5.91. The van der Waals surface area contributed by atoms with E-state index >= 15 is 0 Å². The second-order valence-electron chi connectivity index (χ2n) is 9.06. The molecule has 3 aromatic rings. The van der Waals surface area contributed by atoms with Crippen LogP contribution in [0.1, 0.15) is 44.1 Å². The van der Waals surface area contributed by atoms with Gasteiger partial charge in [0.05, 0.1) is 17.2 Å². The zero-order valence-electron chi connectivity index (χ0n) is 18.8. The van der Waals surface area contributed by atoms with Crippen LogP contribution in [0.3, 0.4) is 0 Å². The van der Waals surface area contributed by atoms with Crippen molar-refractivity contribution in [1.29, 1.82) is 0 Å². The van der Waals surface area contributed by atoms with E-state index in [2.05, 4.69) is 15.5 Å². The fraction of sp³-hybridized carbons (Fsp3) is 0.385. The van der Waals surface area contributed by atoms with E-state index in [4.69, 9.17) is 4.52 Å². The molecule has 2 aliphatic rings. The SMILES string of the molecule is Cc1ccc(-c2noc(-c3ccccc3NC(=O)[C@H]3CC(=O)N(C4CCCCC4)C3)n2)cc1. The van der Waals surface area contributed by atoms with Gasteiger partial charge in [-0.1, -0.05) is 66.4 Å². The smallest absolute Gasteiger partial charge is 0.260 e. The summed E-state index contributed by atoms with van der Waals surface area (Å²) in [7, 11) is 0. The van der Waals surface area contributed by atoms with Crippen LogP contribution >= 0.6 is 0 Å². The van der Waals surface area contributed by atoms with Crippen molar-refractivity contribution in [3.63, 3.8) is 0 Å². The molecule has 1 saturated carbocycles. The summed E-state index contributed by atoms with van der Waals surface area (Å²) in [6.45, 7) is 2.52. The molecular formula is C26H28N4O3. The molecule has 0 unspecified atom stereocenters.